The lowest BCUT2D eigenvalue weighted by Crippen LogP contribution is -2.28. The molecule has 0 aliphatic heterocycles. The average Bonchev–Trinajstić information content (AvgIpc) is 2.54. The molecule has 0 fully saturated rings. The van der Waals surface area contributed by atoms with Crippen molar-refractivity contribution in [3.63, 3.8) is 0 Å². The Balaban J connectivity index is 1.79. The molecule has 0 saturated carbocycles. The Labute approximate surface area is 128 Å². The van der Waals surface area contributed by atoms with E-state index < -0.39 is 17.5 Å². The number of nitrogens with one attached hydrogen (secondary N) is 1. The zero-order chi connectivity index (χ0) is 15.9. The van der Waals surface area contributed by atoms with Gasteiger partial charge in [0.25, 0.3) is 5.91 Å². The van der Waals surface area contributed by atoms with Gasteiger partial charge in [-0.1, -0.05) is 18.2 Å². The maximum absolute atomic E-state index is 13.4. The highest BCUT2D eigenvalue weighted by Gasteiger charge is 2.12. The predicted molar refractivity (Wildman–Crippen MR) is 83.0 cm³/mol. The number of carbonyl (C=O) groups is 1. The van der Waals surface area contributed by atoms with Crippen LogP contribution in [0.1, 0.15) is 16.8 Å². The Kier molecular flexibility index (Phi) is 5.47. The zero-order valence-corrected chi connectivity index (χ0v) is 12.4. The van der Waals surface area contributed by atoms with Gasteiger partial charge in [-0.3, -0.25) is 4.79 Å². The van der Waals surface area contributed by atoms with Crippen LogP contribution in [0.15, 0.2) is 48.5 Å². The molecule has 0 saturated heterocycles. The number of rotatable bonds is 6. The number of para-hydroxylation sites is 1. The Morgan fingerprint density at radius 3 is 2.59 bits per heavy atom. The summed E-state index contributed by atoms with van der Waals surface area (Å²) < 4.78 is 26.5. The molecule has 2 aromatic rings. The fourth-order valence-electron chi connectivity index (χ4n) is 2.10. The maximum Gasteiger partial charge on any atom is 0.254 e. The summed E-state index contributed by atoms with van der Waals surface area (Å²) in [7, 11) is 1.96. The van der Waals surface area contributed by atoms with E-state index in [-0.39, 0.29) is 5.56 Å². The number of carbonyl (C=O) groups excluding carboxylic acids is 1. The molecular weight excluding hydrogens is 286 g/mol. The summed E-state index contributed by atoms with van der Waals surface area (Å²) in [5, 5.41) is 2.60. The zero-order valence-electron chi connectivity index (χ0n) is 12.4. The summed E-state index contributed by atoms with van der Waals surface area (Å²) in [4.78, 5) is 13.9. The molecule has 0 bridgehead atoms. The molecule has 0 atom stereocenters. The van der Waals surface area contributed by atoms with Gasteiger partial charge in [0.05, 0.1) is 5.56 Å². The van der Waals surface area contributed by atoms with Gasteiger partial charge in [-0.25, -0.2) is 8.78 Å². The van der Waals surface area contributed by atoms with Crippen molar-refractivity contribution in [2.24, 2.45) is 0 Å². The van der Waals surface area contributed by atoms with Crippen molar-refractivity contribution in [2.45, 2.75) is 6.42 Å². The molecule has 2 rings (SSSR count). The molecule has 0 aliphatic carbocycles. The number of halogens is 2. The molecule has 0 radical (unpaired) electrons. The molecule has 0 aliphatic rings. The van der Waals surface area contributed by atoms with Gasteiger partial charge < -0.3 is 10.2 Å². The monoisotopic (exact) mass is 304 g/mol. The normalized spacial score (nSPS) is 10.3. The second-order valence-corrected chi connectivity index (χ2v) is 4.99. The van der Waals surface area contributed by atoms with E-state index in [4.69, 9.17) is 0 Å². The van der Waals surface area contributed by atoms with Crippen LogP contribution in [0.5, 0.6) is 0 Å². The lowest BCUT2D eigenvalue weighted by Gasteiger charge is -2.19. The van der Waals surface area contributed by atoms with Crippen LogP contribution >= 0.6 is 0 Å². The van der Waals surface area contributed by atoms with Gasteiger partial charge in [-0.15, -0.1) is 0 Å². The van der Waals surface area contributed by atoms with E-state index in [1.54, 1.807) is 0 Å². The molecule has 0 unspecified atom stereocenters. The van der Waals surface area contributed by atoms with Crippen LogP contribution in [0.25, 0.3) is 0 Å². The average molecular weight is 304 g/mol. The van der Waals surface area contributed by atoms with E-state index in [9.17, 15) is 13.6 Å². The first-order valence-electron chi connectivity index (χ1n) is 7.07. The molecule has 1 amide bonds. The quantitative estimate of drug-likeness (QED) is 0.831. The molecule has 1 N–H and O–H groups in total. The Morgan fingerprint density at radius 2 is 1.86 bits per heavy atom. The first kappa shape index (κ1) is 15.9. The van der Waals surface area contributed by atoms with Crippen LogP contribution in [0.2, 0.25) is 0 Å². The first-order chi connectivity index (χ1) is 10.6. The minimum atomic E-state index is -0.722. The third kappa shape index (κ3) is 4.28. The molecule has 0 heterocycles. The molecule has 116 valence electrons. The largest absolute Gasteiger partial charge is 0.375 e. The second-order valence-electron chi connectivity index (χ2n) is 4.99. The van der Waals surface area contributed by atoms with Crippen molar-refractivity contribution in [3.8, 4) is 0 Å². The minimum absolute atomic E-state index is 0.267. The molecule has 0 aromatic heterocycles. The van der Waals surface area contributed by atoms with E-state index in [0.717, 1.165) is 30.4 Å². The number of hydrogen-bond acceptors (Lipinski definition) is 2. The SMILES string of the molecule is CN(CCCNC(=O)c1cc(F)ccc1F)c1ccccc1. The second kappa shape index (κ2) is 7.54. The van der Waals surface area contributed by atoms with Gasteiger partial charge in [0.1, 0.15) is 11.6 Å². The highest BCUT2D eigenvalue weighted by Crippen LogP contribution is 2.11. The Morgan fingerprint density at radius 1 is 1.14 bits per heavy atom. The number of amides is 1. The molecule has 5 heteroatoms. The molecule has 2 aromatic carbocycles. The highest BCUT2D eigenvalue weighted by atomic mass is 19.1. The fraction of sp³-hybridized carbons (Fsp3) is 0.235. The third-order valence-corrected chi connectivity index (χ3v) is 3.33. The summed E-state index contributed by atoms with van der Waals surface area (Å²) in [6, 6.07) is 12.7. The molecule has 22 heavy (non-hydrogen) atoms. The fourth-order valence-corrected chi connectivity index (χ4v) is 2.10. The standard InChI is InChI=1S/C17H18F2N2O/c1-21(14-6-3-2-4-7-14)11-5-10-20-17(22)15-12-13(18)8-9-16(15)19/h2-4,6-9,12H,5,10-11H2,1H3,(H,20,22). The summed E-state index contributed by atoms with van der Waals surface area (Å²) in [5.74, 6) is -1.95. The number of anilines is 1. The summed E-state index contributed by atoms with van der Waals surface area (Å²) in [6.07, 6.45) is 0.702. The van der Waals surface area contributed by atoms with Crippen molar-refractivity contribution < 1.29 is 13.6 Å². The topological polar surface area (TPSA) is 32.3 Å². The lowest BCUT2D eigenvalue weighted by molar-refractivity contribution is 0.0949. The van der Waals surface area contributed by atoms with E-state index in [1.165, 1.54) is 0 Å². The Hall–Kier alpha value is -2.43. The van der Waals surface area contributed by atoms with Crippen LogP contribution in [0.4, 0.5) is 14.5 Å². The number of nitrogens with zero attached hydrogens (tertiary/aromatic N) is 1. The Bertz CT molecular complexity index is 632. The van der Waals surface area contributed by atoms with E-state index >= 15 is 0 Å². The van der Waals surface area contributed by atoms with Crippen molar-refractivity contribution in [1.82, 2.24) is 5.32 Å². The van der Waals surface area contributed by atoms with Crippen molar-refractivity contribution in [1.29, 1.82) is 0 Å². The van der Waals surface area contributed by atoms with Crippen molar-refractivity contribution in [2.75, 3.05) is 25.0 Å². The lowest BCUT2D eigenvalue weighted by atomic mass is 10.2. The first-order valence-corrected chi connectivity index (χ1v) is 7.07. The summed E-state index contributed by atoms with van der Waals surface area (Å²) in [5.41, 5.74) is 0.821. The van der Waals surface area contributed by atoms with Gasteiger partial charge in [-0.2, -0.15) is 0 Å². The maximum atomic E-state index is 13.4. The molecule has 0 spiro atoms. The van der Waals surface area contributed by atoms with E-state index in [2.05, 4.69) is 10.2 Å². The van der Waals surface area contributed by atoms with Crippen LogP contribution in [0.3, 0.4) is 0 Å². The van der Waals surface area contributed by atoms with Gasteiger partial charge in [-0.05, 0) is 36.8 Å². The highest BCUT2D eigenvalue weighted by molar-refractivity contribution is 5.94. The van der Waals surface area contributed by atoms with Gasteiger partial charge >= 0.3 is 0 Å². The van der Waals surface area contributed by atoms with Crippen LogP contribution in [0, 0.1) is 11.6 Å². The predicted octanol–water partition coefficient (Wildman–Crippen LogP) is 3.22. The smallest absolute Gasteiger partial charge is 0.254 e. The summed E-state index contributed by atoms with van der Waals surface area (Å²) >= 11 is 0. The third-order valence-electron chi connectivity index (χ3n) is 3.33. The minimum Gasteiger partial charge on any atom is -0.375 e. The van der Waals surface area contributed by atoms with Gasteiger partial charge in [0.15, 0.2) is 0 Å². The van der Waals surface area contributed by atoms with Crippen LogP contribution in [-0.4, -0.2) is 26.0 Å². The van der Waals surface area contributed by atoms with E-state index in [1.807, 2.05) is 37.4 Å². The van der Waals surface area contributed by atoms with Crippen LogP contribution in [-0.2, 0) is 0 Å². The van der Waals surface area contributed by atoms with Gasteiger partial charge in [0, 0.05) is 25.8 Å². The van der Waals surface area contributed by atoms with Crippen LogP contribution < -0.4 is 10.2 Å². The summed E-state index contributed by atoms with van der Waals surface area (Å²) in [6.45, 7) is 1.14. The molecular formula is C17H18F2N2O. The number of benzene rings is 2. The van der Waals surface area contributed by atoms with Crippen molar-refractivity contribution in [3.05, 3.63) is 65.7 Å². The van der Waals surface area contributed by atoms with Gasteiger partial charge in [0.2, 0.25) is 0 Å². The number of hydrogen-bond donors (Lipinski definition) is 1. The van der Waals surface area contributed by atoms with E-state index in [0.29, 0.717) is 13.0 Å². The van der Waals surface area contributed by atoms with Crippen molar-refractivity contribution >= 4 is 11.6 Å². The molecule has 3 nitrogen and oxygen atoms in total.